The number of hydrazine groups is 1. The van der Waals surface area contributed by atoms with Gasteiger partial charge in [-0.1, -0.05) is 42.5 Å². The van der Waals surface area contributed by atoms with Gasteiger partial charge in [0.25, 0.3) is 17.7 Å². The van der Waals surface area contributed by atoms with E-state index in [1.54, 1.807) is 84.9 Å². The van der Waals surface area contributed by atoms with Crippen LogP contribution in [0.2, 0.25) is 0 Å². The van der Waals surface area contributed by atoms with Gasteiger partial charge in [-0.3, -0.25) is 24.6 Å². The zero-order valence-electron chi connectivity index (χ0n) is 17.8. The first-order valence-corrected chi connectivity index (χ1v) is 10.2. The lowest BCUT2D eigenvalue weighted by Crippen LogP contribution is -2.54. The molecule has 4 rings (SSSR count). The van der Waals surface area contributed by atoms with Crippen molar-refractivity contribution in [3.05, 3.63) is 96.1 Å². The third-order valence-electron chi connectivity index (χ3n) is 5.24. The molecule has 1 saturated heterocycles. The number of anilines is 1. The van der Waals surface area contributed by atoms with Crippen molar-refractivity contribution >= 4 is 29.3 Å². The number of benzene rings is 3. The molecule has 1 atom stereocenters. The van der Waals surface area contributed by atoms with Crippen molar-refractivity contribution in [3.63, 3.8) is 0 Å². The summed E-state index contributed by atoms with van der Waals surface area (Å²) >= 11 is 0. The first kappa shape index (κ1) is 21.8. The molecule has 4 amide bonds. The smallest absolute Gasteiger partial charge is 0.273 e. The number of hydrogen-bond acceptors (Lipinski definition) is 5. The van der Waals surface area contributed by atoms with Crippen LogP contribution in [0, 0.1) is 0 Å². The molecule has 3 aromatic carbocycles. The molecule has 1 aliphatic rings. The lowest BCUT2D eigenvalue weighted by atomic mass is 10.1. The lowest BCUT2D eigenvalue weighted by Gasteiger charge is -2.28. The number of ether oxygens (including phenoxy) is 1. The van der Waals surface area contributed by atoms with E-state index >= 15 is 0 Å². The van der Waals surface area contributed by atoms with Crippen LogP contribution in [0.4, 0.5) is 5.69 Å². The molecule has 0 aromatic heterocycles. The Hall–Kier alpha value is -4.46. The van der Waals surface area contributed by atoms with Gasteiger partial charge in [0, 0.05) is 17.2 Å². The summed E-state index contributed by atoms with van der Waals surface area (Å²) in [5.41, 5.74) is 3.45. The van der Waals surface area contributed by atoms with Crippen molar-refractivity contribution in [2.24, 2.45) is 0 Å². The minimum Gasteiger partial charge on any atom is -0.497 e. The van der Waals surface area contributed by atoms with Crippen LogP contribution in [-0.2, 0) is 9.59 Å². The molecule has 0 bridgehead atoms. The first-order valence-electron chi connectivity index (χ1n) is 10.2. The molecular weight excluding hydrogens is 422 g/mol. The van der Waals surface area contributed by atoms with E-state index in [-0.39, 0.29) is 12.0 Å². The Morgan fingerprint density at radius 3 is 2.18 bits per heavy atom. The largest absolute Gasteiger partial charge is 0.497 e. The standard InChI is InChI=1S/C25H21N3O5/c1-33-20-14-8-13-19(15-20)27-22(29)16-21(25(27)32)28(24(31)18-11-6-3-7-12-18)26-23(30)17-9-4-2-5-10-17/h2-15,21H,16H2,1H3,(H,26,30). The van der Waals surface area contributed by atoms with Crippen LogP contribution < -0.4 is 15.1 Å². The molecule has 0 radical (unpaired) electrons. The van der Waals surface area contributed by atoms with Gasteiger partial charge in [0.15, 0.2) is 0 Å². The second-order valence-corrected chi connectivity index (χ2v) is 7.34. The number of nitrogens with one attached hydrogen (secondary N) is 1. The maximum Gasteiger partial charge on any atom is 0.273 e. The van der Waals surface area contributed by atoms with E-state index in [4.69, 9.17) is 4.74 Å². The molecule has 0 spiro atoms. The number of rotatable bonds is 5. The van der Waals surface area contributed by atoms with Crippen LogP contribution in [0.1, 0.15) is 27.1 Å². The van der Waals surface area contributed by atoms with Gasteiger partial charge >= 0.3 is 0 Å². The van der Waals surface area contributed by atoms with E-state index < -0.39 is 29.7 Å². The normalized spacial score (nSPS) is 15.3. The van der Waals surface area contributed by atoms with E-state index in [0.29, 0.717) is 17.0 Å². The Bertz CT molecular complexity index is 1200. The zero-order chi connectivity index (χ0) is 23.4. The van der Waals surface area contributed by atoms with Crippen molar-refractivity contribution < 1.29 is 23.9 Å². The molecule has 0 saturated carbocycles. The van der Waals surface area contributed by atoms with Gasteiger partial charge in [0.05, 0.1) is 19.2 Å². The molecule has 33 heavy (non-hydrogen) atoms. The van der Waals surface area contributed by atoms with Crippen LogP contribution in [-0.4, -0.2) is 41.8 Å². The van der Waals surface area contributed by atoms with E-state index in [0.717, 1.165) is 9.91 Å². The van der Waals surface area contributed by atoms with Crippen molar-refractivity contribution in [2.45, 2.75) is 12.5 Å². The van der Waals surface area contributed by atoms with Crippen LogP contribution in [0.3, 0.4) is 0 Å². The van der Waals surface area contributed by atoms with Crippen LogP contribution >= 0.6 is 0 Å². The summed E-state index contributed by atoms with van der Waals surface area (Å²) in [6.45, 7) is 0. The van der Waals surface area contributed by atoms with Crippen LogP contribution in [0.15, 0.2) is 84.9 Å². The molecule has 1 heterocycles. The molecule has 1 unspecified atom stereocenters. The minimum absolute atomic E-state index is 0.269. The monoisotopic (exact) mass is 443 g/mol. The highest BCUT2D eigenvalue weighted by Crippen LogP contribution is 2.28. The van der Waals surface area contributed by atoms with Gasteiger partial charge in [-0.2, -0.15) is 0 Å². The van der Waals surface area contributed by atoms with E-state index in [9.17, 15) is 19.2 Å². The third-order valence-corrected chi connectivity index (χ3v) is 5.24. The molecule has 8 heteroatoms. The predicted octanol–water partition coefficient (Wildman–Crippen LogP) is 2.81. The van der Waals surface area contributed by atoms with Crippen LogP contribution in [0.25, 0.3) is 0 Å². The number of nitrogens with zero attached hydrogens (tertiary/aromatic N) is 2. The summed E-state index contributed by atoms with van der Waals surface area (Å²) < 4.78 is 5.19. The third kappa shape index (κ3) is 4.45. The second-order valence-electron chi connectivity index (χ2n) is 7.34. The van der Waals surface area contributed by atoms with E-state index in [1.165, 1.54) is 7.11 Å². The molecule has 8 nitrogen and oxygen atoms in total. The number of imide groups is 1. The average molecular weight is 443 g/mol. The second kappa shape index (κ2) is 9.35. The van der Waals surface area contributed by atoms with Crippen LogP contribution in [0.5, 0.6) is 5.75 Å². The van der Waals surface area contributed by atoms with Gasteiger partial charge in [-0.05, 0) is 36.4 Å². The topological polar surface area (TPSA) is 96.0 Å². The molecular formula is C25H21N3O5. The Labute approximate surface area is 190 Å². The van der Waals surface area contributed by atoms with Crippen molar-refractivity contribution in [1.82, 2.24) is 10.4 Å². The van der Waals surface area contributed by atoms with E-state index in [1.807, 2.05) is 0 Å². The van der Waals surface area contributed by atoms with Gasteiger partial charge in [0.1, 0.15) is 11.8 Å². The summed E-state index contributed by atoms with van der Waals surface area (Å²) in [6, 6.07) is 21.9. The first-order chi connectivity index (χ1) is 16.0. The molecule has 166 valence electrons. The Kier molecular flexibility index (Phi) is 6.17. The summed E-state index contributed by atoms with van der Waals surface area (Å²) in [5, 5.41) is 0.949. The van der Waals surface area contributed by atoms with Gasteiger partial charge < -0.3 is 4.74 Å². The summed E-state index contributed by atoms with van der Waals surface area (Å²) in [7, 11) is 1.48. The molecule has 1 fully saturated rings. The predicted molar refractivity (Wildman–Crippen MR) is 120 cm³/mol. The average Bonchev–Trinajstić information content (AvgIpc) is 3.16. The van der Waals surface area contributed by atoms with Crippen molar-refractivity contribution in [2.75, 3.05) is 12.0 Å². The zero-order valence-corrected chi connectivity index (χ0v) is 17.8. The highest BCUT2D eigenvalue weighted by atomic mass is 16.5. The fraction of sp³-hybridized carbons (Fsp3) is 0.120. The fourth-order valence-electron chi connectivity index (χ4n) is 3.59. The minimum atomic E-state index is -1.20. The summed E-state index contributed by atoms with van der Waals surface area (Å²) in [4.78, 5) is 53.3. The van der Waals surface area contributed by atoms with Gasteiger partial charge in [-0.25, -0.2) is 9.91 Å². The number of hydrogen-bond donors (Lipinski definition) is 1. The SMILES string of the molecule is COc1cccc(N2C(=O)CC(N(NC(=O)c3ccccc3)C(=O)c3ccccc3)C2=O)c1. The fourth-order valence-corrected chi connectivity index (χ4v) is 3.59. The summed E-state index contributed by atoms with van der Waals surface area (Å²) in [5.74, 6) is -1.80. The summed E-state index contributed by atoms with van der Waals surface area (Å²) in [6.07, 6.45) is -0.274. The molecule has 1 aliphatic heterocycles. The van der Waals surface area contributed by atoms with Crippen molar-refractivity contribution in [3.8, 4) is 5.75 Å². The van der Waals surface area contributed by atoms with Gasteiger partial charge in [0.2, 0.25) is 5.91 Å². The van der Waals surface area contributed by atoms with E-state index in [2.05, 4.69) is 5.43 Å². The molecule has 3 aromatic rings. The van der Waals surface area contributed by atoms with Crippen molar-refractivity contribution in [1.29, 1.82) is 0 Å². The Balaban J connectivity index is 1.67. The Morgan fingerprint density at radius 2 is 1.55 bits per heavy atom. The highest BCUT2D eigenvalue weighted by Gasteiger charge is 2.45. The maximum absolute atomic E-state index is 13.3. The lowest BCUT2D eigenvalue weighted by molar-refractivity contribution is -0.122. The number of methoxy groups -OCH3 is 1. The Morgan fingerprint density at radius 1 is 0.909 bits per heavy atom. The number of carbonyl (C=O) groups excluding carboxylic acids is 4. The quantitative estimate of drug-likeness (QED) is 0.483. The number of carbonyl (C=O) groups is 4. The highest BCUT2D eigenvalue weighted by molar-refractivity contribution is 6.23. The molecule has 1 N–H and O–H groups in total. The van der Waals surface area contributed by atoms with Gasteiger partial charge in [-0.15, -0.1) is 0 Å². The molecule has 0 aliphatic carbocycles. The number of amides is 4. The maximum atomic E-state index is 13.3.